The van der Waals surface area contributed by atoms with Crippen molar-refractivity contribution in [2.75, 3.05) is 18.0 Å². The van der Waals surface area contributed by atoms with Gasteiger partial charge in [0.25, 0.3) is 0 Å². The van der Waals surface area contributed by atoms with Crippen LogP contribution in [0, 0.1) is 11.3 Å². The van der Waals surface area contributed by atoms with Crippen LogP contribution in [-0.2, 0) is 0 Å². The summed E-state index contributed by atoms with van der Waals surface area (Å²) in [6.07, 6.45) is -1.64. The zero-order valence-electron chi connectivity index (χ0n) is 8.62. The van der Waals surface area contributed by atoms with Gasteiger partial charge in [0.15, 0.2) is 0 Å². The van der Waals surface area contributed by atoms with Gasteiger partial charge >= 0.3 is 6.18 Å². The van der Waals surface area contributed by atoms with Crippen LogP contribution in [0.3, 0.4) is 0 Å². The fourth-order valence-corrected chi connectivity index (χ4v) is 1.32. The van der Waals surface area contributed by atoms with E-state index in [1.165, 1.54) is 18.5 Å². The summed E-state index contributed by atoms with van der Waals surface area (Å²) in [7, 11) is 0. The maximum absolute atomic E-state index is 12.3. The average molecular weight is 229 g/mol. The van der Waals surface area contributed by atoms with Gasteiger partial charge in [0, 0.05) is 12.7 Å². The molecule has 0 N–H and O–H groups in total. The van der Waals surface area contributed by atoms with Gasteiger partial charge in [0.2, 0.25) is 0 Å². The van der Waals surface area contributed by atoms with Gasteiger partial charge in [-0.2, -0.15) is 18.4 Å². The molecule has 0 atom stereocenters. The van der Waals surface area contributed by atoms with Gasteiger partial charge in [-0.1, -0.05) is 0 Å². The highest BCUT2D eigenvalue weighted by Crippen LogP contribution is 2.23. The van der Waals surface area contributed by atoms with E-state index in [1.54, 1.807) is 6.92 Å². The molecule has 1 aromatic heterocycles. The zero-order chi connectivity index (χ0) is 12.2. The van der Waals surface area contributed by atoms with Crippen molar-refractivity contribution in [3.05, 3.63) is 24.0 Å². The minimum Gasteiger partial charge on any atom is -0.361 e. The van der Waals surface area contributed by atoms with Crippen LogP contribution in [0.1, 0.15) is 12.5 Å². The van der Waals surface area contributed by atoms with E-state index in [0.29, 0.717) is 0 Å². The third kappa shape index (κ3) is 3.12. The third-order valence-electron chi connectivity index (χ3n) is 2.01. The highest BCUT2D eigenvalue weighted by atomic mass is 19.4. The molecule has 86 valence electrons. The van der Waals surface area contributed by atoms with E-state index in [9.17, 15) is 13.2 Å². The van der Waals surface area contributed by atoms with Crippen molar-refractivity contribution in [3.63, 3.8) is 0 Å². The van der Waals surface area contributed by atoms with E-state index in [2.05, 4.69) is 4.98 Å². The minimum absolute atomic E-state index is 0.167. The molecule has 3 nitrogen and oxygen atoms in total. The summed E-state index contributed by atoms with van der Waals surface area (Å²) in [6, 6.07) is 3.24. The Bertz CT molecular complexity index is 395. The molecule has 6 heteroatoms. The maximum atomic E-state index is 12.3. The summed E-state index contributed by atoms with van der Waals surface area (Å²) in [6.45, 7) is 0.684. The quantitative estimate of drug-likeness (QED) is 0.798. The largest absolute Gasteiger partial charge is 0.405 e. The van der Waals surface area contributed by atoms with Crippen molar-refractivity contribution in [1.29, 1.82) is 5.26 Å². The number of halogens is 3. The predicted octanol–water partition coefficient (Wildman–Crippen LogP) is 2.34. The Labute approximate surface area is 91.1 Å². The molecule has 0 saturated heterocycles. The lowest BCUT2D eigenvalue weighted by molar-refractivity contribution is -0.119. The van der Waals surface area contributed by atoms with E-state index in [0.717, 1.165) is 4.90 Å². The van der Waals surface area contributed by atoms with Gasteiger partial charge in [-0.05, 0) is 13.0 Å². The monoisotopic (exact) mass is 229 g/mol. The number of rotatable bonds is 3. The molecule has 1 rings (SSSR count). The molecule has 0 aliphatic rings. The van der Waals surface area contributed by atoms with Gasteiger partial charge in [-0.15, -0.1) is 0 Å². The van der Waals surface area contributed by atoms with Gasteiger partial charge < -0.3 is 4.90 Å². The van der Waals surface area contributed by atoms with Crippen LogP contribution in [-0.4, -0.2) is 24.2 Å². The Morgan fingerprint density at radius 3 is 2.69 bits per heavy atom. The van der Waals surface area contributed by atoms with E-state index in [4.69, 9.17) is 5.26 Å². The van der Waals surface area contributed by atoms with Crippen molar-refractivity contribution >= 4 is 5.69 Å². The molecule has 0 aliphatic heterocycles. The molecule has 0 aromatic carbocycles. The molecule has 1 aromatic rings. The predicted molar refractivity (Wildman–Crippen MR) is 52.9 cm³/mol. The van der Waals surface area contributed by atoms with E-state index >= 15 is 0 Å². The Morgan fingerprint density at radius 2 is 2.19 bits per heavy atom. The van der Waals surface area contributed by atoms with Crippen molar-refractivity contribution < 1.29 is 13.2 Å². The highest BCUT2D eigenvalue weighted by Gasteiger charge is 2.31. The number of nitrogens with zero attached hydrogens (tertiary/aromatic N) is 3. The number of aromatic nitrogens is 1. The van der Waals surface area contributed by atoms with Gasteiger partial charge in [-0.3, -0.25) is 4.98 Å². The second kappa shape index (κ2) is 4.84. The molecular formula is C10H10F3N3. The number of anilines is 1. The van der Waals surface area contributed by atoms with Crippen molar-refractivity contribution in [1.82, 2.24) is 4.98 Å². The molecule has 0 amide bonds. The molecule has 0 spiro atoms. The zero-order valence-corrected chi connectivity index (χ0v) is 8.62. The van der Waals surface area contributed by atoms with Crippen LogP contribution < -0.4 is 4.90 Å². The SMILES string of the molecule is CCN(CC(F)(F)F)c1cnccc1C#N. The average Bonchev–Trinajstić information content (AvgIpc) is 2.24. The first-order chi connectivity index (χ1) is 7.48. The lowest BCUT2D eigenvalue weighted by Gasteiger charge is -2.24. The fourth-order valence-electron chi connectivity index (χ4n) is 1.32. The van der Waals surface area contributed by atoms with Gasteiger partial charge in [0.05, 0.1) is 17.4 Å². The Morgan fingerprint density at radius 1 is 1.50 bits per heavy atom. The minimum atomic E-state index is -4.29. The summed E-state index contributed by atoms with van der Waals surface area (Å²) in [5.74, 6) is 0. The smallest absolute Gasteiger partial charge is 0.361 e. The Kier molecular flexibility index (Phi) is 3.72. The van der Waals surface area contributed by atoms with Crippen LogP contribution in [0.5, 0.6) is 0 Å². The number of hydrogen-bond donors (Lipinski definition) is 0. The molecule has 16 heavy (non-hydrogen) atoms. The summed E-state index contributed by atoms with van der Waals surface area (Å²) in [5.41, 5.74) is 0.408. The summed E-state index contributed by atoms with van der Waals surface area (Å²) < 4.78 is 36.8. The fraction of sp³-hybridized carbons (Fsp3) is 0.400. The normalized spacial score (nSPS) is 10.9. The molecule has 0 unspecified atom stereocenters. The van der Waals surface area contributed by atoms with Gasteiger partial charge in [0.1, 0.15) is 12.6 Å². The molecular weight excluding hydrogens is 219 g/mol. The number of nitriles is 1. The third-order valence-corrected chi connectivity index (χ3v) is 2.01. The topological polar surface area (TPSA) is 39.9 Å². The van der Waals surface area contributed by atoms with Crippen molar-refractivity contribution in [3.8, 4) is 6.07 Å². The number of alkyl halides is 3. The maximum Gasteiger partial charge on any atom is 0.405 e. The number of hydrogen-bond acceptors (Lipinski definition) is 3. The van der Waals surface area contributed by atoms with E-state index in [1.807, 2.05) is 6.07 Å². The van der Waals surface area contributed by atoms with Gasteiger partial charge in [-0.25, -0.2) is 0 Å². The van der Waals surface area contributed by atoms with Crippen LogP contribution in [0.4, 0.5) is 18.9 Å². The molecule has 0 aliphatic carbocycles. The molecule has 0 fully saturated rings. The Hall–Kier alpha value is -1.77. The number of pyridine rings is 1. The van der Waals surface area contributed by atoms with Crippen molar-refractivity contribution in [2.45, 2.75) is 13.1 Å². The highest BCUT2D eigenvalue weighted by molar-refractivity contribution is 5.57. The molecule has 1 heterocycles. The van der Waals surface area contributed by atoms with E-state index < -0.39 is 12.7 Å². The lowest BCUT2D eigenvalue weighted by atomic mass is 10.2. The summed E-state index contributed by atoms with van der Waals surface area (Å²) in [4.78, 5) is 4.81. The van der Waals surface area contributed by atoms with E-state index in [-0.39, 0.29) is 17.8 Å². The van der Waals surface area contributed by atoms with Crippen LogP contribution in [0.15, 0.2) is 18.5 Å². The van der Waals surface area contributed by atoms with Crippen LogP contribution in [0.25, 0.3) is 0 Å². The molecule has 0 radical (unpaired) electrons. The molecule has 0 saturated carbocycles. The Balaban J connectivity index is 3.00. The first-order valence-corrected chi connectivity index (χ1v) is 4.63. The standard InChI is InChI=1S/C10H10F3N3/c1-2-16(7-10(11,12)13)9-6-15-4-3-8(9)5-14/h3-4,6H,2,7H2,1H3. The summed E-state index contributed by atoms with van der Waals surface area (Å²) in [5, 5.41) is 8.78. The molecule has 0 bridgehead atoms. The first-order valence-electron chi connectivity index (χ1n) is 4.63. The summed E-state index contributed by atoms with van der Waals surface area (Å²) >= 11 is 0. The van der Waals surface area contributed by atoms with Crippen molar-refractivity contribution in [2.24, 2.45) is 0 Å². The second-order valence-corrected chi connectivity index (χ2v) is 3.13. The van der Waals surface area contributed by atoms with Crippen LogP contribution in [0.2, 0.25) is 0 Å². The lowest BCUT2D eigenvalue weighted by Crippen LogP contribution is -2.34. The first kappa shape index (κ1) is 12.3. The van der Waals surface area contributed by atoms with Crippen LogP contribution >= 0.6 is 0 Å². The second-order valence-electron chi connectivity index (χ2n) is 3.13.